The summed E-state index contributed by atoms with van der Waals surface area (Å²) in [7, 11) is 0. The molecule has 1 aliphatic heterocycles. The highest BCUT2D eigenvalue weighted by Crippen LogP contribution is 2.15. The van der Waals surface area contributed by atoms with Crippen molar-refractivity contribution in [3.8, 4) is 0 Å². The molecule has 1 aliphatic rings. The molecule has 4 nitrogen and oxygen atoms in total. The number of nitrogens with zero attached hydrogens (tertiary/aromatic N) is 1. The van der Waals surface area contributed by atoms with Gasteiger partial charge in [-0.25, -0.2) is 0 Å². The van der Waals surface area contributed by atoms with Crippen LogP contribution in [0.1, 0.15) is 17.5 Å². The minimum atomic E-state index is -0.156. The van der Waals surface area contributed by atoms with Crippen LogP contribution in [0.2, 0.25) is 0 Å². The van der Waals surface area contributed by atoms with E-state index in [4.69, 9.17) is 0 Å². The van der Waals surface area contributed by atoms with Crippen molar-refractivity contribution in [3.63, 3.8) is 0 Å². The first-order valence-corrected chi connectivity index (χ1v) is 5.84. The summed E-state index contributed by atoms with van der Waals surface area (Å²) in [4.78, 5) is 16.1. The van der Waals surface area contributed by atoms with Crippen molar-refractivity contribution in [2.45, 2.75) is 20.3 Å². The van der Waals surface area contributed by atoms with Crippen molar-refractivity contribution >= 4 is 17.4 Å². The standard InChI is InChI=1S/C13H17N3O/c1-9-4-5-11(10(2)8-9)16-13(17)12-14-6-3-7-15-12/h4-5,8H,3,6-7H2,1-2H3,(H,14,15)(H,16,17). The SMILES string of the molecule is Cc1ccc(NC(=O)C2=NCCCN2)c(C)c1. The minimum absolute atomic E-state index is 0.156. The zero-order valence-electron chi connectivity index (χ0n) is 10.2. The minimum Gasteiger partial charge on any atom is -0.366 e. The van der Waals surface area contributed by atoms with Gasteiger partial charge in [0, 0.05) is 18.8 Å². The van der Waals surface area contributed by atoms with Crippen LogP contribution in [-0.4, -0.2) is 24.8 Å². The predicted octanol–water partition coefficient (Wildman–Crippen LogP) is 1.63. The third-order valence-corrected chi connectivity index (χ3v) is 2.74. The van der Waals surface area contributed by atoms with Crippen LogP contribution in [0.4, 0.5) is 5.69 Å². The van der Waals surface area contributed by atoms with Crippen molar-refractivity contribution in [3.05, 3.63) is 29.3 Å². The fraction of sp³-hybridized carbons (Fsp3) is 0.385. The average Bonchev–Trinajstić information content (AvgIpc) is 2.34. The number of anilines is 1. The molecule has 90 valence electrons. The van der Waals surface area contributed by atoms with E-state index in [1.807, 2.05) is 32.0 Å². The maximum absolute atomic E-state index is 11.9. The van der Waals surface area contributed by atoms with E-state index in [0.717, 1.165) is 30.8 Å². The number of hydrogen-bond donors (Lipinski definition) is 2. The van der Waals surface area contributed by atoms with Crippen LogP contribution in [0.15, 0.2) is 23.2 Å². The lowest BCUT2D eigenvalue weighted by molar-refractivity contribution is -0.110. The number of benzene rings is 1. The number of amidine groups is 1. The molecule has 0 fully saturated rings. The number of aryl methyl sites for hydroxylation is 2. The second-order valence-corrected chi connectivity index (χ2v) is 4.28. The maximum Gasteiger partial charge on any atom is 0.290 e. The van der Waals surface area contributed by atoms with Gasteiger partial charge in [0.15, 0.2) is 5.84 Å². The van der Waals surface area contributed by atoms with Crippen LogP contribution in [0.25, 0.3) is 0 Å². The summed E-state index contributed by atoms with van der Waals surface area (Å²) in [6.07, 6.45) is 0.986. The molecule has 0 aliphatic carbocycles. The first kappa shape index (κ1) is 11.6. The molecule has 17 heavy (non-hydrogen) atoms. The van der Waals surface area contributed by atoms with E-state index in [2.05, 4.69) is 15.6 Å². The summed E-state index contributed by atoms with van der Waals surface area (Å²) in [5, 5.41) is 5.88. The third-order valence-electron chi connectivity index (χ3n) is 2.74. The van der Waals surface area contributed by atoms with E-state index >= 15 is 0 Å². The van der Waals surface area contributed by atoms with Crippen LogP contribution in [0.3, 0.4) is 0 Å². The van der Waals surface area contributed by atoms with E-state index in [0.29, 0.717) is 5.84 Å². The molecule has 0 unspecified atom stereocenters. The van der Waals surface area contributed by atoms with Gasteiger partial charge in [-0.3, -0.25) is 9.79 Å². The summed E-state index contributed by atoms with van der Waals surface area (Å²) in [5.41, 5.74) is 3.10. The smallest absolute Gasteiger partial charge is 0.290 e. The number of hydrogen-bond acceptors (Lipinski definition) is 3. The number of carbonyl (C=O) groups is 1. The van der Waals surface area contributed by atoms with Gasteiger partial charge in [-0.2, -0.15) is 0 Å². The van der Waals surface area contributed by atoms with Crippen LogP contribution in [0.5, 0.6) is 0 Å². The second-order valence-electron chi connectivity index (χ2n) is 4.28. The maximum atomic E-state index is 11.9. The van der Waals surface area contributed by atoms with E-state index in [1.165, 1.54) is 5.56 Å². The van der Waals surface area contributed by atoms with E-state index in [-0.39, 0.29) is 5.91 Å². The molecule has 0 radical (unpaired) electrons. The fourth-order valence-corrected chi connectivity index (χ4v) is 1.82. The number of nitrogens with one attached hydrogen (secondary N) is 2. The Morgan fingerprint density at radius 1 is 1.41 bits per heavy atom. The van der Waals surface area contributed by atoms with Crippen LogP contribution < -0.4 is 10.6 Å². The molecule has 1 heterocycles. The zero-order chi connectivity index (χ0) is 12.3. The average molecular weight is 231 g/mol. The van der Waals surface area contributed by atoms with Gasteiger partial charge < -0.3 is 10.6 Å². The largest absolute Gasteiger partial charge is 0.366 e. The Morgan fingerprint density at radius 3 is 2.88 bits per heavy atom. The van der Waals surface area contributed by atoms with Gasteiger partial charge in [-0.1, -0.05) is 17.7 Å². The number of amides is 1. The molecule has 0 saturated carbocycles. The zero-order valence-corrected chi connectivity index (χ0v) is 10.2. The lowest BCUT2D eigenvalue weighted by Crippen LogP contribution is -2.39. The summed E-state index contributed by atoms with van der Waals surface area (Å²) < 4.78 is 0. The van der Waals surface area contributed by atoms with Gasteiger partial charge in [-0.15, -0.1) is 0 Å². The molecule has 0 aromatic heterocycles. The molecule has 4 heteroatoms. The Labute approximate surface area is 101 Å². The Bertz CT molecular complexity index is 466. The normalized spacial score (nSPS) is 14.8. The number of aliphatic imine (C=N–C) groups is 1. The quantitative estimate of drug-likeness (QED) is 0.813. The summed E-state index contributed by atoms with van der Waals surface area (Å²) in [6, 6.07) is 5.95. The van der Waals surface area contributed by atoms with Gasteiger partial charge in [0.25, 0.3) is 5.91 Å². The molecule has 0 spiro atoms. The fourth-order valence-electron chi connectivity index (χ4n) is 1.82. The van der Waals surface area contributed by atoms with Crippen molar-refractivity contribution in [1.29, 1.82) is 0 Å². The lowest BCUT2D eigenvalue weighted by atomic mass is 10.1. The van der Waals surface area contributed by atoms with Gasteiger partial charge in [0.1, 0.15) is 0 Å². The van der Waals surface area contributed by atoms with Crippen molar-refractivity contribution in [2.24, 2.45) is 4.99 Å². The number of rotatable bonds is 2. The Kier molecular flexibility index (Phi) is 3.42. The summed E-state index contributed by atoms with van der Waals surface area (Å²) in [6.45, 7) is 5.56. The van der Waals surface area contributed by atoms with Gasteiger partial charge in [-0.05, 0) is 31.9 Å². The third kappa shape index (κ3) is 2.84. The summed E-state index contributed by atoms with van der Waals surface area (Å²) >= 11 is 0. The molecule has 0 atom stereocenters. The van der Waals surface area contributed by atoms with E-state index in [9.17, 15) is 4.79 Å². The predicted molar refractivity (Wildman–Crippen MR) is 69.5 cm³/mol. The Morgan fingerprint density at radius 2 is 2.24 bits per heavy atom. The molecule has 2 N–H and O–H groups in total. The number of carbonyl (C=O) groups excluding carboxylic acids is 1. The van der Waals surface area contributed by atoms with E-state index in [1.54, 1.807) is 0 Å². The molecule has 2 rings (SSSR count). The van der Waals surface area contributed by atoms with Crippen LogP contribution in [0, 0.1) is 13.8 Å². The highest BCUT2D eigenvalue weighted by Gasteiger charge is 2.14. The van der Waals surface area contributed by atoms with Crippen molar-refractivity contribution in [1.82, 2.24) is 5.32 Å². The van der Waals surface area contributed by atoms with Gasteiger partial charge in [0.2, 0.25) is 0 Å². The van der Waals surface area contributed by atoms with Crippen LogP contribution >= 0.6 is 0 Å². The monoisotopic (exact) mass is 231 g/mol. The Balaban J connectivity index is 2.10. The highest BCUT2D eigenvalue weighted by molar-refractivity contribution is 6.42. The van der Waals surface area contributed by atoms with Gasteiger partial charge in [0.05, 0.1) is 0 Å². The highest BCUT2D eigenvalue weighted by atomic mass is 16.2. The van der Waals surface area contributed by atoms with Crippen molar-refractivity contribution in [2.75, 3.05) is 18.4 Å². The first-order valence-electron chi connectivity index (χ1n) is 5.84. The summed E-state index contributed by atoms with van der Waals surface area (Å²) in [5.74, 6) is 0.285. The molecule has 1 aromatic rings. The van der Waals surface area contributed by atoms with E-state index < -0.39 is 0 Å². The molecule has 0 bridgehead atoms. The molecular weight excluding hydrogens is 214 g/mol. The Hall–Kier alpha value is -1.84. The van der Waals surface area contributed by atoms with Gasteiger partial charge >= 0.3 is 0 Å². The molecule has 1 aromatic carbocycles. The second kappa shape index (κ2) is 4.99. The lowest BCUT2D eigenvalue weighted by Gasteiger charge is -2.15. The molecule has 0 saturated heterocycles. The molecule has 1 amide bonds. The van der Waals surface area contributed by atoms with Crippen molar-refractivity contribution < 1.29 is 4.79 Å². The van der Waals surface area contributed by atoms with Crippen LogP contribution in [-0.2, 0) is 4.79 Å². The topological polar surface area (TPSA) is 53.5 Å². The first-order chi connectivity index (χ1) is 8.16. The molecular formula is C13H17N3O.